The van der Waals surface area contributed by atoms with Gasteiger partial charge in [-0.05, 0) is 0 Å². The summed E-state index contributed by atoms with van der Waals surface area (Å²) in [5.41, 5.74) is 0. The predicted molar refractivity (Wildman–Crippen MR) is 46.4 cm³/mol. The lowest BCUT2D eigenvalue weighted by Crippen LogP contribution is -2.39. The summed E-state index contributed by atoms with van der Waals surface area (Å²) in [6, 6.07) is 0. The van der Waals surface area contributed by atoms with E-state index in [-0.39, 0.29) is 0 Å². The number of hydrogen-bond acceptors (Lipinski definition) is 4. The van der Waals surface area contributed by atoms with Crippen LogP contribution in [0.4, 0.5) is 0 Å². The first kappa shape index (κ1) is 11.4. The van der Waals surface area contributed by atoms with Gasteiger partial charge in [-0.2, -0.15) is 8.42 Å². The van der Waals surface area contributed by atoms with Crippen LogP contribution in [0.15, 0.2) is 0 Å². The smallest absolute Gasteiger partial charge is 0.314 e. The van der Waals surface area contributed by atoms with E-state index in [2.05, 4.69) is 32.0 Å². The molecule has 1 aliphatic heterocycles. The van der Waals surface area contributed by atoms with E-state index in [1.165, 1.54) is 0 Å². The molecule has 0 aromatic rings. The maximum absolute atomic E-state index is 9.16. The zero-order valence-electron chi connectivity index (χ0n) is 5.81. The molecule has 4 nitrogen and oxygen atoms in total. The molecule has 0 saturated carbocycles. The lowest BCUT2D eigenvalue weighted by molar-refractivity contribution is 0.534. The van der Waals surface area contributed by atoms with Crippen molar-refractivity contribution in [1.29, 1.82) is 0 Å². The van der Waals surface area contributed by atoms with Crippen molar-refractivity contribution in [3.63, 3.8) is 0 Å². The molecule has 0 aliphatic carbocycles. The summed E-state index contributed by atoms with van der Waals surface area (Å²) in [4.78, 5) is 0. The molecule has 0 radical (unpaired) electrons. The molecule has 68 valence electrons. The molecule has 0 unspecified atom stereocenters. The molecule has 2 N–H and O–H groups in total. The van der Waals surface area contributed by atoms with Crippen molar-refractivity contribution in [2.24, 2.45) is 0 Å². The second kappa shape index (κ2) is 6.02. The Hall–Kier alpha value is 0.450. The molecule has 1 aliphatic rings. The van der Waals surface area contributed by atoms with Crippen LogP contribution in [-0.2, 0) is 8.26 Å². The first-order chi connectivity index (χ1) is 5.00. The van der Waals surface area contributed by atoms with Crippen molar-refractivity contribution in [2.45, 2.75) is 0 Å². The van der Waals surface area contributed by atoms with Gasteiger partial charge in [-0.1, -0.05) is 0 Å². The van der Waals surface area contributed by atoms with Gasteiger partial charge in [0.25, 0.3) is 0 Å². The average molecular weight is 221 g/mol. The summed E-state index contributed by atoms with van der Waals surface area (Å²) in [6.07, 6.45) is 0. The van der Waals surface area contributed by atoms with E-state index in [9.17, 15) is 0 Å². The van der Waals surface area contributed by atoms with Gasteiger partial charge >= 0.3 is 8.26 Å². The van der Waals surface area contributed by atoms with Gasteiger partial charge in [-0.3, -0.25) is 0 Å². The number of piperazine rings is 1. The van der Waals surface area contributed by atoms with E-state index in [4.69, 9.17) is 8.42 Å². The Bertz CT molecular complexity index is 159. The van der Waals surface area contributed by atoms with Gasteiger partial charge < -0.3 is 10.6 Å². The Balaban J connectivity index is 0.000000187. The van der Waals surface area contributed by atoms with Crippen molar-refractivity contribution in [3.05, 3.63) is 0 Å². The molecule has 0 atom stereocenters. The maximum Gasteiger partial charge on any atom is 0.317 e. The predicted octanol–water partition coefficient (Wildman–Crippen LogP) is -0.112. The number of rotatable bonds is 0. The Morgan fingerprint density at radius 1 is 0.909 bits per heavy atom. The monoisotopic (exact) mass is 220 g/mol. The van der Waals surface area contributed by atoms with Crippen LogP contribution in [0.3, 0.4) is 0 Å². The van der Waals surface area contributed by atoms with Crippen LogP contribution in [0.2, 0.25) is 0 Å². The normalized spacial score (nSPS) is 18.4. The largest absolute Gasteiger partial charge is 0.317 e. The maximum atomic E-state index is 9.16. The van der Waals surface area contributed by atoms with E-state index in [0.717, 1.165) is 26.2 Å². The van der Waals surface area contributed by atoms with E-state index < -0.39 is 8.26 Å². The zero-order chi connectivity index (χ0) is 8.74. The first-order valence-electron chi connectivity index (χ1n) is 3.06. The van der Waals surface area contributed by atoms with Crippen molar-refractivity contribution in [2.75, 3.05) is 26.2 Å². The lowest BCUT2D eigenvalue weighted by Gasteiger charge is -2.11. The third kappa shape index (κ3) is 17.9. The third-order valence-electron chi connectivity index (χ3n) is 0.957. The van der Waals surface area contributed by atoms with Gasteiger partial charge in [0.05, 0.1) is 0 Å². The zero-order valence-corrected chi connectivity index (χ0v) is 8.14. The fourth-order valence-electron chi connectivity index (χ4n) is 0.604. The molecule has 0 aromatic heterocycles. The molecule has 0 spiro atoms. The Labute approximate surface area is 75.2 Å². The molecule has 1 saturated heterocycles. The van der Waals surface area contributed by atoms with Gasteiger partial charge in [-0.25, -0.2) is 0 Å². The van der Waals surface area contributed by atoms with Crippen molar-refractivity contribution < 1.29 is 8.42 Å². The third-order valence-corrected chi connectivity index (χ3v) is 0.957. The summed E-state index contributed by atoms with van der Waals surface area (Å²) < 4.78 is 18.3. The molecule has 1 rings (SSSR count). The lowest BCUT2D eigenvalue weighted by atomic mass is 10.4. The first-order valence-corrected chi connectivity index (χ1v) is 6.19. The number of nitrogens with one attached hydrogen (secondary N) is 2. The molecule has 7 heteroatoms. The highest BCUT2D eigenvalue weighted by molar-refractivity contribution is 8.31. The van der Waals surface area contributed by atoms with Gasteiger partial charge in [0.1, 0.15) is 0 Å². The van der Waals surface area contributed by atoms with Gasteiger partial charge in [0.15, 0.2) is 0 Å². The highest BCUT2D eigenvalue weighted by Crippen LogP contribution is 1.98. The SMILES string of the molecule is C1CNCCN1.O=S(=O)(Cl)Cl. The second-order valence-electron chi connectivity index (χ2n) is 1.88. The minimum absolute atomic E-state index is 1.14. The van der Waals surface area contributed by atoms with Gasteiger partial charge in [0, 0.05) is 47.5 Å². The number of halogens is 2. The van der Waals surface area contributed by atoms with Crippen LogP contribution in [0, 0.1) is 0 Å². The standard InChI is InChI=1S/C4H10N2.Cl2O2S/c1-2-6-4-3-5-1;1-5(2,3)4/h5-6H,1-4H2;. The number of hydrogen-bond donors (Lipinski definition) is 2. The molecule has 0 amide bonds. The second-order valence-corrected chi connectivity index (χ2v) is 5.55. The van der Waals surface area contributed by atoms with Gasteiger partial charge in [-0.15, -0.1) is 0 Å². The summed E-state index contributed by atoms with van der Waals surface area (Å²) in [6.45, 7) is 4.56. The highest BCUT2D eigenvalue weighted by Gasteiger charge is 1.91. The van der Waals surface area contributed by atoms with Crippen LogP contribution >= 0.6 is 21.4 Å². The molecule has 1 fully saturated rings. The minimum atomic E-state index is -3.72. The Morgan fingerprint density at radius 2 is 1.09 bits per heavy atom. The average Bonchev–Trinajstić information content (AvgIpc) is 1.88. The Morgan fingerprint density at radius 3 is 1.18 bits per heavy atom. The highest BCUT2D eigenvalue weighted by atomic mass is 36.0. The fourth-order valence-corrected chi connectivity index (χ4v) is 0.604. The Kier molecular flexibility index (Phi) is 6.27. The topological polar surface area (TPSA) is 58.2 Å². The van der Waals surface area contributed by atoms with Crippen LogP contribution in [-0.4, -0.2) is 34.6 Å². The molecular formula is C4H10Cl2N2O2S. The summed E-state index contributed by atoms with van der Waals surface area (Å²) in [5.74, 6) is 0. The quantitative estimate of drug-likeness (QED) is 0.560. The molecular weight excluding hydrogens is 211 g/mol. The summed E-state index contributed by atoms with van der Waals surface area (Å²) >= 11 is 0. The van der Waals surface area contributed by atoms with Crippen molar-refractivity contribution in [1.82, 2.24) is 10.6 Å². The summed E-state index contributed by atoms with van der Waals surface area (Å²) in [7, 11) is 4.81. The van der Waals surface area contributed by atoms with Crippen LogP contribution in [0.1, 0.15) is 0 Å². The van der Waals surface area contributed by atoms with Gasteiger partial charge in [0.2, 0.25) is 0 Å². The molecule has 1 heterocycles. The van der Waals surface area contributed by atoms with Crippen molar-refractivity contribution in [3.8, 4) is 0 Å². The van der Waals surface area contributed by atoms with E-state index >= 15 is 0 Å². The van der Waals surface area contributed by atoms with E-state index in [1.54, 1.807) is 0 Å². The van der Waals surface area contributed by atoms with Crippen LogP contribution in [0.25, 0.3) is 0 Å². The van der Waals surface area contributed by atoms with E-state index in [1.807, 2.05) is 0 Å². The van der Waals surface area contributed by atoms with Crippen molar-refractivity contribution >= 4 is 29.6 Å². The summed E-state index contributed by atoms with van der Waals surface area (Å²) in [5, 5.41) is 6.44. The molecule has 11 heavy (non-hydrogen) atoms. The minimum Gasteiger partial charge on any atom is -0.314 e. The fraction of sp³-hybridized carbons (Fsp3) is 1.00. The van der Waals surface area contributed by atoms with Crippen LogP contribution in [0.5, 0.6) is 0 Å². The van der Waals surface area contributed by atoms with E-state index in [0.29, 0.717) is 0 Å². The molecule has 0 bridgehead atoms. The van der Waals surface area contributed by atoms with Crippen LogP contribution < -0.4 is 10.6 Å². The molecule has 0 aromatic carbocycles.